The average molecular weight is 326 g/mol. The summed E-state index contributed by atoms with van der Waals surface area (Å²) in [6.07, 6.45) is 1.38. The fourth-order valence-corrected chi connectivity index (χ4v) is 2.06. The lowest BCUT2D eigenvalue weighted by Crippen LogP contribution is -2.57. The normalized spacial score (nSPS) is 18.1. The largest absolute Gasteiger partial charge is 0.462 e. The molecule has 0 saturated carbocycles. The molecule has 1 aliphatic rings. The molecule has 130 valence electrons. The number of carbonyl (C=O) groups is 3. The number of ketones is 1. The van der Waals surface area contributed by atoms with Crippen LogP contribution in [0.5, 0.6) is 0 Å². The summed E-state index contributed by atoms with van der Waals surface area (Å²) in [5.41, 5.74) is -0.695. The van der Waals surface area contributed by atoms with Crippen molar-refractivity contribution < 1.29 is 23.9 Å². The zero-order valence-corrected chi connectivity index (χ0v) is 14.7. The number of ether oxygens (including phenoxy) is 2. The number of esters is 1. The maximum Gasteiger partial charge on any atom is 0.410 e. The molecule has 0 aromatic carbocycles. The van der Waals surface area contributed by atoms with Crippen LogP contribution in [0.3, 0.4) is 0 Å². The van der Waals surface area contributed by atoms with Crippen molar-refractivity contribution >= 4 is 17.8 Å². The Hall–Kier alpha value is -2.05. The van der Waals surface area contributed by atoms with Crippen molar-refractivity contribution in [2.45, 2.75) is 45.8 Å². The molecular formula is C16H26N2O5. The van der Waals surface area contributed by atoms with Crippen molar-refractivity contribution in [1.82, 2.24) is 9.80 Å². The van der Waals surface area contributed by atoms with Crippen LogP contribution in [0.2, 0.25) is 0 Å². The van der Waals surface area contributed by atoms with Gasteiger partial charge in [0.15, 0.2) is 5.78 Å². The Kier molecular flexibility index (Phi) is 6.18. The van der Waals surface area contributed by atoms with Gasteiger partial charge in [-0.3, -0.25) is 9.69 Å². The van der Waals surface area contributed by atoms with E-state index in [1.807, 2.05) is 0 Å². The molecule has 1 fully saturated rings. The predicted molar refractivity (Wildman–Crippen MR) is 84.8 cm³/mol. The van der Waals surface area contributed by atoms with Crippen LogP contribution in [0.1, 0.15) is 34.1 Å². The first-order valence-corrected chi connectivity index (χ1v) is 7.66. The summed E-state index contributed by atoms with van der Waals surface area (Å²) in [5, 5.41) is 0. The summed E-state index contributed by atoms with van der Waals surface area (Å²) in [6.45, 7) is 7.57. The molecule has 0 spiro atoms. The molecule has 7 heteroatoms. The molecule has 1 aliphatic heterocycles. The minimum absolute atomic E-state index is 0.0601. The monoisotopic (exact) mass is 326 g/mol. The molecular weight excluding hydrogens is 300 g/mol. The molecule has 1 rings (SSSR count). The zero-order chi connectivity index (χ0) is 17.8. The Morgan fingerprint density at radius 3 is 2.26 bits per heavy atom. The van der Waals surface area contributed by atoms with E-state index < -0.39 is 29.5 Å². The second kappa shape index (κ2) is 7.48. The summed E-state index contributed by atoms with van der Waals surface area (Å²) in [5.74, 6) is -1.10. The molecule has 23 heavy (non-hydrogen) atoms. The van der Waals surface area contributed by atoms with Gasteiger partial charge in [0.1, 0.15) is 17.2 Å². The molecule has 0 N–H and O–H groups in total. The van der Waals surface area contributed by atoms with E-state index in [1.54, 1.807) is 46.7 Å². The number of hydrogen-bond donors (Lipinski definition) is 0. The summed E-state index contributed by atoms with van der Waals surface area (Å²) in [6, 6.07) is -0.680. The number of rotatable bonds is 5. The van der Waals surface area contributed by atoms with Crippen LogP contribution in [-0.4, -0.2) is 66.5 Å². The third kappa shape index (κ3) is 5.26. The molecule has 1 amide bonds. The summed E-state index contributed by atoms with van der Waals surface area (Å²) < 4.78 is 10.2. The number of likely N-dealkylation sites (tertiary alicyclic amines) is 1. The second-order valence-electron chi connectivity index (χ2n) is 6.57. The van der Waals surface area contributed by atoms with Gasteiger partial charge in [0.05, 0.1) is 6.61 Å². The van der Waals surface area contributed by atoms with Gasteiger partial charge >= 0.3 is 12.1 Å². The van der Waals surface area contributed by atoms with Crippen LogP contribution in [0, 0.1) is 0 Å². The van der Waals surface area contributed by atoms with E-state index >= 15 is 0 Å². The Morgan fingerprint density at radius 2 is 1.87 bits per heavy atom. The maximum atomic E-state index is 12.6. The number of Topliss-reactive ketones (excluding diaryl/α,β-unsaturated/α-hetero) is 1. The van der Waals surface area contributed by atoms with Gasteiger partial charge < -0.3 is 14.4 Å². The minimum atomic E-state index is -0.680. The maximum absolute atomic E-state index is 12.6. The lowest BCUT2D eigenvalue weighted by molar-refractivity contribution is -0.141. The standard InChI is InChI=1S/C16H26N2O5/c1-7-22-14(20)11(10-17(5)6)13(19)12-8-9-18(12)15(21)23-16(2,3)4/h10,12H,7-9H2,1-6H3/b11-10-. The molecule has 7 nitrogen and oxygen atoms in total. The first-order chi connectivity index (χ1) is 10.6. The number of nitrogens with zero attached hydrogens (tertiary/aromatic N) is 2. The van der Waals surface area contributed by atoms with Crippen LogP contribution in [0.4, 0.5) is 4.79 Å². The van der Waals surface area contributed by atoms with Crippen molar-refractivity contribution in [3.63, 3.8) is 0 Å². The minimum Gasteiger partial charge on any atom is -0.462 e. The Bertz CT molecular complexity index is 505. The van der Waals surface area contributed by atoms with Gasteiger partial charge in [-0.1, -0.05) is 0 Å². The van der Waals surface area contributed by atoms with Crippen LogP contribution in [0.25, 0.3) is 0 Å². The zero-order valence-electron chi connectivity index (χ0n) is 14.7. The molecule has 0 aliphatic carbocycles. The van der Waals surface area contributed by atoms with Gasteiger partial charge in [0, 0.05) is 26.8 Å². The smallest absolute Gasteiger partial charge is 0.410 e. The topological polar surface area (TPSA) is 76.2 Å². The van der Waals surface area contributed by atoms with E-state index in [-0.39, 0.29) is 12.2 Å². The van der Waals surface area contributed by atoms with Gasteiger partial charge in [-0.15, -0.1) is 0 Å². The van der Waals surface area contributed by atoms with Gasteiger partial charge in [-0.2, -0.15) is 0 Å². The fraction of sp³-hybridized carbons (Fsp3) is 0.688. The lowest BCUT2D eigenvalue weighted by Gasteiger charge is -2.40. The van der Waals surface area contributed by atoms with E-state index in [2.05, 4.69) is 0 Å². The van der Waals surface area contributed by atoms with Gasteiger partial charge in [-0.25, -0.2) is 9.59 Å². The van der Waals surface area contributed by atoms with E-state index in [0.717, 1.165) is 0 Å². The third-order valence-electron chi connectivity index (χ3n) is 3.10. The SMILES string of the molecule is CCOC(=O)/C(=C\N(C)C)C(=O)C1CCN1C(=O)OC(C)(C)C. The highest BCUT2D eigenvalue weighted by molar-refractivity contribution is 6.19. The molecule has 0 aromatic rings. The van der Waals surface area contributed by atoms with Crippen LogP contribution in [0.15, 0.2) is 11.8 Å². The molecule has 1 atom stereocenters. The summed E-state index contributed by atoms with van der Waals surface area (Å²) in [4.78, 5) is 39.7. The third-order valence-corrected chi connectivity index (χ3v) is 3.10. The highest BCUT2D eigenvalue weighted by Gasteiger charge is 2.42. The van der Waals surface area contributed by atoms with E-state index in [9.17, 15) is 14.4 Å². The van der Waals surface area contributed by atoms with Crippen LogP contribution < -0.4 is 0 Å². The predicted octanol–water partition coefficient (Wildman–Crippen LogP) is 1.57. The van der Waals surface area contributed by atoms with Crippen molar-refractivity contribution in [3.05, 3.63) is 11.8 Å². The van der Waals surface area contributed by atoms with E-state index in [4.69, 9.17) is 9.47 Å². The quantitative estimate of drug-likeness (QED) is 0.330. The van der Waals surface area contributed by atoms with E-state index in [0.29, 0.717) is 13.0 Å². The summed E-state index contributed by atoms with van der Waals surface area (Å²) >= 11 is 0. The average Bonchev–Trinajstić information content (AvgIpc) is 2.31. The van der Waals surface area contributed by atoms with Gasteiger partial charge in [0.2, 0.25) is 0 Å². The highest BCUT2D eigenvalue weighted by Crippen LogP contribution is 2.24. The molecule has 1 saturated heterocycles. The Morgan fingerprint density at radius 1 is 1.26 bits per heavy atom. The van der Waals surface area contributed by atoms with Crippen molar-refractivity contribution in [2.75, 3.05) is 27.2 Å². The van der Waals surface area contributed by atoms with Crippen molar-refractivity contribution in [1.29, 1.82) is 0 Å². The van der Waals surface area contributed by atoms with Crippen molar-refractivity contribution in [3.8, 4) is 0 Å². The van der Waals surface area contributed by atoms with Gasteiger partial charge in [0.25, 0.3) is 0 Å². The van der Waals surface area contributed by atoms with Crippen LogP contribution >= 0.6 is 0 Å². The molecule has 0 bridgehead atoms. The molecule has 0 radical (unpaired) electrons. The Balaban J connectivity index is 2.88. The summed E-state index contributed by atoms with van der Waals surface area (Å²) in [7, 11) is 3.41. The van der Waals surface area contributed by atoms with Gasteiger partial charge in [-0.05, 0) is 34.1 Å². The lowest BCUT2D eigenvalue weighted by atomic mass is 9.94. The first-order valence-electron chi connectivity index (χ1n) is 7.66. The Labute approximate surface area is 137 Å². The number of carbonyl (C=O) groups excluding carboxylic acids is 3. The second-order valence-corrected chi connectivity index (χ2v) is 6.57. The number of hydrogen-bond acceptors (Lipinski definition) is 6. The first kappa shape index (κ1) is 19.0. The molecule has 1 heterocycles. The van der Waals surface area contributed by atoms with Crippen molar-refractivity contribution in [2.24, 2.45) is 0 Å². The molecule has 1 unspecified atom stereocenters. The highest BCUT2D eigenvalue weighted by atomic mass is 16.6. The molecule has 0 aromatic heterocycles. The number of amides is 1. The fourth-order valence-electron chi connectivity index (χ4n) is 2.06. The van der Waals surface area contributed by atoms with Crippen LogP contribution in [-0.2, 0) is 19.1 Å². The van der Waals surface area contributed by atoms with E-state index in [1.165, 1.54) is 11.1 Å².